The molecule has 15 heavy (non-hydrogen) atoms. The van der Waals surface area contributed by atoms with Gasteiger partial charge in [-0.15, -0.1) is 24.2 Å². The van der Waals surface area contributed by atoms with Crippen LogP contribution in [0.1, 0.15) is 5.56 Å². The fourth-order valence-corrected chi connectivity index (χ4v) is 1.42. The van der Waals surface area contributed by atoms with E-state index < -0.39 is 0 Å². The third-order valence-corrected chi connectivity index (χ3v) is 2.58. The average molecular weight is 247 g/mol. The summed E-state index contributed by atoms with van der Waals surface area (Å²) in [5.41, 5.74) is 6.25. The molecule has 0 saturated heterocycles. The highest BCUT2D eigenvalue weighted by Crippen LogP contribution is 2.14. The van der Waals surface area contributed by atoms with E-state index in [-0.39, 0.29) is 24.9 Å². The molecule has 0 heterocycles. The summed E-state index contributed by atoms with van der Waals surface area (Å²) in [7, 11) is 0. The van der Waals surface area contributed by atoms with Crippen LogP contribution in [-0.2, 0) is 11.3 Å². The molecule has 0 aliphatic carbocycles. The molecule has 0 atom stereocenters. The second-order valence-corrected chi connectivity index (χ2v) is 3.71. The Morgan fingerprint density at radius 2 is 2.00 bits per heavy atom. The molecule has 0 radical (unpaired) electrons. The lowest BCUT2D eigenvalue weighted by atomic mass is 10.2. The molecule has 1 rings (SSSR count). The molecule has 1 aromatic carbocycles. The number of hydrogen-bond acceptors (Lipinski definition) is 3. The molecule has 0 spiro atoms. The molecular formula is C10H15ClN2OS. The zero-order valence-electron chi connectivity index (χ0n) is 8.53. The van der Waals surface area contributed by atoms with Crippen molar-refractivity contribution in [3.8, 4) is 0 Å². The van der Waals surface area contributed by atoms with Crippen LogP contribution in [0.2, 0.25) is 0 Å². The Labute approximate surface area is 100 Å². The molecule has 0 bridgehead atoms. The van der Waals surface area contributed by atoms with Gasteiger partial charge in [-0.25, -0.2) is 0 Å². The first kappa shape index (κ1) is 14.3. The summed E-state index contributed by atoms with van der Waals surface area (Å²) in [6.45, 7) is 0.591. The third-order valence-electron chi connectivity index (χ3n) is 1.83. The standard InChI is InChI=1S/C10H14N2OS.ClH/c1-14-9-4-2-8(3-5-9)7-12-10(13)6-11;/h2-5H,6-7,11H2,1H3,(H,12,13);1H. The Morgan fingerprint density at radius 3 is 2.47 bits per heavy atom. The minimum Gasteiger partial charge on any atom is -0.351 e. The lowest BCUT2D eigenvalue weighted by molar-refractivity contribution is -0.119. The van der Waals surface area contributed by atoms with Gasteiger partial charge in [0.2, 0.25) is 5.91 Å². The lowest BCUT2D eigenvalue weighted by Crippen LogP contribution is -2.29. The quantitative estimate of drug-likeness (QED) is 0.790. The summed E-state index contributed by atoms with van der Waals surface area (Å²) in [6, 6.07) is 8.08. The fraction of sp³-hybridized carbons (Fsp3) is 0.300. The van der Waals surface area contributed by atoms with Crippen molar-refractivity contribution < 1.29 is 4.79 Å². The maximum Gasteiger partial charge on any atom is 0.234 e. The number of carbonyl (C=O) groups is 1. The minimum absolute atomic E-state index is 0. The number of halogens is 1. The van der Waals surface area contributed by atoms with E-state index in [0.29, 0.717) is 6.54 Å². The summed E-state index contributed by atoms with van der Waals surface area (Å²) in [5.74, 6) is -0.126. The van der Waals surface area contributed by atoms with Crippen molar-refractivity contribution in [2.75, 3.05) is 12.8 Å². The van der Waals surface area contributed by atoms with Crippen LogP contribution in [-0.4, -0.2) is 18.7 Å². The first-order valence-corrected chi connectivity index (χ1v) is 5.58. The van der Waals surface area contributed by atoms with Crippen LogP contribution in [0.5, 0.6) is 0 Å². The molecule has 3 nitrogen and oxygen atoms in total. The van der Waals surface area contributed by atoms with Crippen molar-refractivity contribution in [3.63, 3.8) is 0 Å². The van der Waals surface area contributed by atoms with Crippen molar-refractivity contribution in [2.24, 2.45) is 5.73 Å². The number of nitrogens with two attached hydrogens (primary N) is 1. The topological polar surface area (TPSA) is 55.1 Å². The first-order valence-electron chi connectivity index (χ1n) is 4.36. The second kappa shape index (κ2) is 7.56. The largest absolute Gasteiger partial charge is 0.351 e. The fourth-order valence-electron chi connectivity index (χ4n) is 1.02. The highest BCUT2D eigenvalue weighted by Gasteiger charge is 1.97. The Kier molecular flexibility index (Phi) is 7.21. The van der Waals surface area contributed by atoms with Gasteiger partial charge in [0.25, 0.3) is 0 Å². The maximum absolute atomic E-state index is 10.9. The van der Waals surface area contributed by atoms with Crippen LogP contribution < -0.4 is 11.1 Å². The smallest absolute Gasteiger partial charge is 0.234 e. The van der Waals surface area contributed by atoms with Crippen molar-refractivity contribution in [1.82, 2.24) is 5.32 Å². The second-order valence-electron chi connectivity index (χ2n) is 2.83. The van der Waals surface area contributed by atoms with E-state index >= 15 is 0 Å². The third kappa shape index (κ3) is 5.06. The molecule has 0 aliphatic rings. The monoisotopic (exact) mass is 246 g/mol. The van der Waals surface area contributed by atoms with E-state index in [0.717, 1.165) is 5.56 Å². The normalized spacial score (nSPS) is 9.20. The molecule has 0 aliphatic heterocycles. The van der Waals surface area contributed by atoms with Crippen LogP contribution in [0.15, 0.2) is 29.2 Å². The highest BCUT2D eigenvalue weighted by molar-refractivity contribution is 7.98. The molecule has 3 N–H and O–H groups in total. The highest BCUT2D eigenvalue weighted by atomic mass is 35.5. The maximum atomic E-state index is 10.9. The van der Waals surface area contributed by atoms with Crippen LogP contribution in [0.25, 0.3) is 0 Å². The number of hydrogen-bond donors (Lipinski definition) is 2. The first-order chi connectivity index (χ1) is 6.76. The van der Waals surface area contributed by atoms with E-state index in [9.17, 15) is 4.79 Å². The predicted octanol–water partition coefficient (Wildman–Crippen LogP) is 1.41. The zero-order chi connectivity index (χ0) is 10.4. The van der Waals surface area contributed by atoms with Crippen molar-refractivity contribution in [2.45, 2.75) is 11.4 Å². The van der Waals surface area contributed by atoms with E-state index in [1.165, 1.54) is 4.90 Å². The number of benzene rings is 1. The van der Waals surface area contributed by atoms with Gasteiger partial charge in [-0.05, 0) is 24.0 Å². The van der Waals surface area contributed by atoms with Crippen LogP contribution in [0.4, 0.5) is 0 Å². The van der Waals surface area contributed by atoms with Crippen molar-refractivity contribution in [1.29, 1.82) is 0 Å². The molecule has 84 valence electrons. The summed E-state index contributed by atoms with van der Waals surface area (Å²) >= 11 is 1.70. The molecule has 1 aromatic rings. The van der Waals surface area contributed by atoms with Crippen LogP contribution >= 0.6 is 24.2 Å². The van der Waals surface area contributed by atoms with Gasteiger partial charge >= 0.3 is 0 Å². The molecule has 0 aromatic heterocycles. The summed E-state index contributed by atoms with van der Waals surface area (Å²) in [4.78, 5) is 12.1. The van der Waals surface area contributed by atoms with Crippen molar-refractivity contribution >= 4 is 30.1 Å². The van der Waals surface area contributed by atoms with Gasteiger partial charge in [0.15, 0.2) is 0 Å². The Bertz CT molecular complexity index is 303. The number of nitrogens with one attached hydrogen (secondary N) is 1. The number of amides is 1. The summed E-state index contributed by atoms with van der Waals surface area (Å²) < 4.78 is 0. The summed E-state index contributed by atoms with van der Waals surface area (Å²) in [6.07, 6.45) is 2.03. The van der Waals surface area contributed by atoms with E-state index in [4.69, 9.17) is 5.73 Å². The molecule has 0 unspecified atom stereocenters. The Hall–Kier alpha value is -0.710. The minimum atomic E-state index is -0.126. The number of rotatable bonds is 4. The summed E-state index contributed by atoms with van der Waals surface area (Å²) in [5, 5.41) is 2.72. The number of thioether (sulfide) groups is 1. The van der Waals surface area contributed by atoms with Crippen LogP contribution in [0, 0.1) is 0 Å². The molecule has 1 amide bonds. The average Bonchev–Trinajstić information content (AvgIpc) is 2.26. The lowest BCUT2D eigenvalue weighted by Gasteiger charge is -2.04. The van der Waals surface area contributed by atoms with Gasteiger partial charge in [0.05, 0.1) is 6.54 Å². The zero-order valence-corrected chi connectivity index (χ0v) is 10.2. The van der Waals surface area contributed by atoms with Gasteiger partial charge in [-0.2, -0.15) is 0 Å². The van der Waals surface area contributed by atoms with E-state index in [2.05, 4.69) is 5.32 Å². The van der Waals surface area contributed by atoms with Gasteiger partial charge in [-0.3, -0.25) is 4.79 Å². The molecule has 5 heteroatoms. The van der Waals surface area contributed by atoms with E-state index in [1.54, 1.807) is 11.8 Å². The molecule has 0 fully saturated rings. The van der Waals surface area contributed by atoms with Gasteiger partial charge in [0.1, 0.15) is 0 Å². The number of carbonyl (C=O) groups excluding carboxylic acids is 1. The van der Waals surface area contributed by atoms with Gasteiger partial charge in [-0.1, -0.05) is 12.1 Å². The Balaban J connectivity index is 0.00000196. The predicted molar refractivity (Wildman–Crippen MR) is 66.4 cm³/mol. The SMILES string of the molecule is CSc1ccc(CNC(=O)CN)cc1.Cl. The van der Waals surface area contributed by atoms with Crippen molar-refractivity contribution in [3.05, 3.63) is 29.8 Å². The van der Waals surface area contributed by atoms with Crippen LogP contribution in [0.3, 0.4) is 0 Å². The Morgan fingerprint density at radius 1 is 1.40 bits per heavy atom. The van der Waals surface area contributed by atoms with Gasteiger partial charge < -0.3 is 11.1 Å². The van der Waals surface area contributed by atoms with E-state index in [1.807, 2.05) is 30.5 Å². The van der Waals surface area contributed by atoms with Gasteiger partial charge in [0, 0.05) is 11.4 Å². The molecule has 0 saturated carbocycles. The molecular weight excluding hydrogens is 232 g/mol.